The van der Waals surface area contributed by atoms with E-state index < -0.39 is 0 Å². The number of benzene rings is 1. The van der Waals surface area contributed by atoms with Gasteiger partial charge in [0.15, 0.2) is 0 Å². The molecule has 3 heterocycles. The highest BCUT2D eigenvalue weighted by Gasteiger charge is 2.35. The van der Waals surface area contributed by atoms with Gasteiger partial charge in [0.05, 0.1) is 12.0 Å². The topological polar surface area (TPSA) is 57.6 Å². The lowest BCUT2D eigenvalue weighted by Gasteiger charge is -2.31. The molecule has 1 aromatic heterocycles. The van der Waals surface area contributed by atoms with Crippen LogP contribution in [0.25, 0.3) is 0 Å². The van der Waals surface area contributed by atoms with Gasteiger partial charge in [-0.05, 0) is 50.2 Å². The lowest BCUT2D eigenvalue weighted by atomic mass is 10.1. The van der Waals surface area contributed by atoms with Crippen LogP contribution < -0.4 is 10.2 Å². The fourth-order valence-electron chi connectivity index (χ4n) is 4.73. The van der Waals surface area contributed by atoms with E-state index in [-0.39, 0.29) is 30.2 Å². The Balaban J connectivity index is 1.41. The van der Waals surface area contributed by atoms with Crippen LogP contribution in [0.3, 0.4) is 0 Å². The first-order chi connectivity index (χ1) is 14.6. The summed E-state index contributed by atoms with van der Waals surface area (Å²) >= 11 is 0. The number of carbonyl (C=O) groups excluding carboxylic acids is 2. The van der Waals surface area contributed by atoms with Crippen molar-refractivity contribution >= 4 is 17.5 Å². The number of nitrogens with one attached hydrogen (secondary N) is 1. The number of anilines is 1. The van der Waals surface area contributed by atoms with Crippen molar-refractivity contribution in [1.82, 2.24) is 14.8 Å². The van der Waals surface area contributed by atoms with Crippen LogP contribution in [-0.2, 0) is 16.6 Å². The summed E-state index contributed by atoms with van der Waals surface area (Å²) in [6, 6.07) is 14.0. The largest absolute Gasteiger partial charge is 0.354 e. The molecule has 0 spiro atoms. The Bertz CT molecular complexity index is 855. The number of aryl methyl sites for hydroxylation is 1. The van der Waals surface area contributed by atoms with Gasteiger partial charge in [0, 0.05) is 44.1 Å². The zero-order valence-corrected chi connectivity index (χ0v) is 17.8. The molecule has 2 amide bonds. The monoisotopic (exact) mass is 408 g/mol. The van der Waals surface area contributed by atoms with E-state index in [0.29, 0.717) is 13.1 Å². The minimum Gasteiger partial charge on any atom is -0.354 e. The number of hydrogen-bond acceptors (Lipinski definition) is 3. The number of amides is 2. The number of likely N-dealkylation sites (tertiary alicyclic amines) is 1. The van der Waals surface area contributed by atoms with Crippen molar-refractivity contribution in [2.45, 2.75) is 38.1 Å². The van der Waals surface area contributed by atoms with Crippen molar-refractivity contribution < 1.29 is 9.59 Å². The highest BCUT2D eigenvalue weighted by atomic mass is 16.2. The van der Waals surface area contributed by atoms with Gasteiger partial charge in [0.25, 0.3) is 0 Å². The molecule has 4 rings (SSSR count). The molecule has 2 aromatic rings. The summed E-state index contributed by atoms with van der Waals surface area (Å²) in [5, 5.41) is 3.18. The molecule has 1 N–H and O–H groups in total. The second-order valence-electron chi connectivity index (χ2n) is 8.50. The molecular formula is C24H32N4O2. The molecule has 0 bridgehead atoms. The van der Waals surface area contributed by atoms with Gasteiger partial charge in [-0.2, -0.15) is 0 Å². The third kappa shape index (κ3) is 4.59. The average Bonchev–Trinajstić information content (AvgIpc) is 3.25. The summed E-state index contributed by atoms with van der Waals surface area (Å²) in [6.45, 7) is 3.16. The maximum Gasteiger partial charge on any atom is 0.227 e. The van der Waals surface area contributed by atoms with Gasteiger partial charge < -0.3 is 14.8 Å². The lowest BCUT2D eigenvalue weighted by molar-refractivity contribution is -0.126. The Hall–Kier alpha value is -2.60. The van der Waals surface area contributed by atoms with E-state index in [1.165, 1.54) is 31.4 Å². The van der Waals surface area contributed by atoms with Gasteiger partial charge in [-0.25, -0.2) is 0 Å². The van der Waals surface area contributed by atoms with E-state index in [0.717, 1.165) is 18.8 Å². The fourth-order valence-corrected chi connectivity index (χ4v) is 4.73. The predicted octanol–water partition coefficient (Wildman–Crippen LogP) is 3.11. The second kappa shape index (κ2) is 9.47. The minimum absolute atomic E-state index is 0.0178. The SMILES string of the molecule is Cn1cccc1C(CNC(=O)C1CC(=O)N(c2ccccc2)C1)N1CCCCCC1. The summed E-state index contributed by atoms with van der Waals surface area (Å²) in [6.07, 6.45) is 7.31. The van der Waals surface area contributed by atoms with Gasteiger partial charge in [0.2, 0.25) is 11.8 Å². The van der Waals surface area contributed by atoms with Gasteiger partial charge >= 0.3 is 0 Å². The molecule has 6 nitrogen and oxygen atoms in total. The summed E-state index contributed by atoms with van der Waals surface area (Å²) in [5.41, 5.74) is 2.09. The normalized spacial score (nSPS) is 21.4. The van der Waals surface area contributed by atoms with E-state index in [1.54, 1.807) is 4.90 Å². The van der Waals surface area contributed by atoms with Crippen LogP contribution in [0.4, 0.5) is 5.69 Å². The van der Waals surface area contributed by atoms with Crippen LogP contribution in [0.2, 0.25) is 0 Å². The van der Waals surface area contributed by atoms with Crippen molar-refractivity contribution in [2.75, 3.05) is 31.1 Å². The van der Waals surface area contributed by atoms with Gasteiger partial charge in [0.1, 0.15) is 0 Å². The number of nitrogens with zero attached hydrogens (tertiary/aromatic N) is 3. The Morgan fingerprint density at radius 3 is 2.47 bits per heavy atom. The lowest BCUT2D eigenvalue weighted by Crippen LogP contribution is -2.41. The van der Waals surface area contributed by atoms with Crippen LogP contribution in [0.1, 0.15) is 43.8 Å². The number of hydrogen-bond donors (Lipinski definition) is 1. The molecule has 0 radical (unpaired) electrons. The van der Waals surface area contributed by atoms with E-state index in [4.69, 9.17) is 0 Å². The van der Waals surface area contributed by atoms with Gasteiger partial charge in [-0.15, -0.1) is 0 Å². The number of aromatic nitrogens is 1. The summed E-state index contributed by atoms with van der Waals surface area (Å²) < 4.78 is 2.15. The Morgan fingerprint density at radius 2 is 1.80 bits per heavy atom. The zero-order valence-electron chi connectivity index (χ0n) is 17.8. The van der Waals surface area contributed by atoms with E-state index in [2.05, 4.69) is 40.2 Å². The molecule has 2 fully saturated rings. The molecule has 2 atom stereocenters. The molecule has 2 aliphatic rings. The quantitative estimate of drug-likeness (QED) is 0.799. The van der Waals surface area contributed by atoms with Crippen molar-refractivity contribution in [2.24, 2.45) is 13.0 Å². The van der Waals surface area contributed by atoms with E-state index in [1.807, 2.05) is 30.3 Å². The summed E-state index contributed by atoms with van der Waals surface area (Å²) in [4.78, 5) is 29.7. The first-order valence-electron chi connectivity index (χ1n) is 11.1. The van der Waals surface area contributed by atoms with Crippen LogP contribution in [0.15, 0.2) is 48.7 Å². The van der Waals surface area contributed by atoms with Crippen LogP contribution in [0, 0.1) is 5.92 Å². The fraction of sp³-hybridized carbons (Fsp3) is 0.500. The van der Waals surface area contributed by atoms with Gasteiger partial charge in [-0.1, -0.05) is 31.0 Å². The smallest absolute Gasteiger partial charge is 0.227 e. The molecule has 0 saturated carbocycles. The highest BCUT2D eigenvalue weighted by molar-refractivity contribution is 6.00. The molecule has 1 aromatic carbocycles. The number of para-hydroxylation sites is 1. The Morgan fingerprint density at radius 1 is 1.07 bits per heavy atom. The van der Waals surface area contributed by atoms with Crippen molar-refractivity contribution in [3.63, 3.8) is 0 Å². The van der Waals surface area contributed by atoms with Gasteiger partial charge in [-0.3, -0.25) is 14.5 Å². The van der Waals surface area contributed by atoms with E-state index in [9.17, 15) is 9.59 Å². The second-order valence-corrected chi connectivity index (χ2v) is 8.50. The zero-order chi connectivity index (χ0) is 20.9. The predicted molar refractivity (Wildman–Crippen MR) is 118 cm³/mol. The van der Waals surface area contributed by atoms with Crippen molar-refractivity contribution in [3.8, 4) is 0 Å². The molecule has 2 aliphatic heterocycles. The number of carbonyl (C=O) groups is 2. The summed E-state index contributed by atoms with van der Waals surface area (Å²) in [5.74, 6) is -0.292. The average molecular weight is 409 g/mol. The van der Waals surface area contributed by atoms with Crippen LogP contribution >= 0.6 is 0 Å². The van der Waals surface area contributed by atoms with Crippen LogP contribution in [-0.4, -0.2) is 47.5 Å². The minimum atomic E-state index is -0.295. The third-order valence-electron chi connectivity index (χ3n) is 6.44. The van der Waals surface area contributed by atoms with Crippen molar-refractivity contribution in [1.29, 1.82) is 0 Å². The van der Waals surface area contributed by atoms with E-state index >= 15 is 0 Å². The molecule has 2 saturated heterocycles. The standard InChI is InChI=1S/C24H32N4O2/c1-26-13-9-12-21(26)22(27-14-7-2-3-8-15-27)17-25-24(30)19-16-23(29)28(18-19)20-10-5-4-6-11-20/h4-6,9-13,19,22H,2-3,7-8,14-18H2,1H3,(H,25,30). The first-order valence-corrected chi connectivity index (χ1v) is 11.1. The molecule has 160 valence electrons. The maximum atomic E-state index is 13.0. The molecule has 30 heavy (non-hydrogen) atoms. The summed E-state index contributed by atoms with van der Waals surface area (Å²) in [7, 11) is 2.06. The maximum absolute atomic E-state index is 13.0. The Labute approximate surface area is 178 Å². The first kappa shape index (κ1) is 20.7. The molecule has 6 heteroatoms. The van der Waals surface area contributed by atoms with Crippen molar-refractivity contribution in [3.05, 3.63) is 54.4 Å². The third-order valence-corrected chi connectivity index (χ3v) is 6.44. The Kier molecular flexibility index (Phi) is 6.53. The molecule has 0 aliphatic carbocycles. The van der Waals surface area contributed by atoms with Crippen LogP contribution in [0.5, 0.6) is 0 Å². The number of rotatable bonds is 6. The highest BCUT2D eigenvalue weighted by Crippen LogP contribution is 2.26. The molecule has 2 unspecified atom stereocenters. The molecular weight excluding hydrogens is 376 g/mol.